The summed E-state index contributed by atoms with van der Waals surface area (Å²) in [7, 11) is 3.33. The van der Waals surface area contributed by atoms with Crippen molar-refractivity contribution in [3.63, 3.8) is 0 Å². The number of likely N-dealkylation sites (N-methyl/N-ethyl adjacent to an activating group) is 1. The topological polar surface area (TPSA) is 41.9 Å². The lowest BCUT2D eigenvalue weighted by Gasteiger charge is -2.36. The average Bonchev–Trinajstić information content (AvgIpc) is 2.38. The Morgan fingerprint density at radius 3 is 2.32 bits per heavy atom. The molecule has 0 spiro atoms. The van der Waals surface area contributed by atoms with E-state index in [-0.39, 0.29) is 29.6 Å². The zero-order valence-electron chi connectivity index (χ0n) is 13.8. The summed E-state index contributed by atoms with van der Waals surface area (Å²) in [6, 6.07) is 4.84. The molecule has 22 heavy (non-hydrogen) atoms. The maximum absolute atomic E-state index is 12.3. The fourth-order valence-electron chi connectivity index (χ4n) is 2.48. The molecule has 0 aromatic heterocycles. The highest BCUT2D eigenvalue weighted by Crippen LogP contribution is 2.31. The van der Waals surface area contributed by atoms with Crippen LogP contribution >= 0.6 is 0 Å². The number of methoxy groups -OCH3 is 1. The van der Waals surface area contributed by atoms with E-state index in [0.717, 1.165) is 5.56 Å². The summed E-state index contributed by atoms with van der Waals surface area (Å²) in [6.07, 6.45) is 0. The molecule has 0 aliphatic heterocycles. The van der Waals surface area contributed by atoms with Crippen molar-refractivity contribution in [2.45, 2.75) is 40.0 Å². The molecule has 0 aliphatic rings. The first-order valence-corrected chi connectivity index (χ1v) is 7.12. The van der Waals surface area contributed by atoms with Crippen LogP contribution in [-0.2, 0) is 6.54 Å². The summed E-state index contributed by atoms with van der Waals surface area (Å²) in [5.41, 5.74) is 0.815. The Morgan fingerprint density at radius 1 is 1.23 bits per heavy atom. The van der Waals surface area contributed by atoms with Crippen molar-refractivity contribution in [2.75, 3.05) is 20.8 Å². The SMILES string of the molecule is COc1cc(CN(C)C(CO)C(C)(C)C)ccc1OC(F)F. The first kappa shape index (κ1) is 18.6. The Labute approximate surface area is 130 Å². The van der Waals surface area contributed by atoms with Gasteiger partial charge in [-0.25, -0.2) is 0 Å². The van der Waals surface area contributed by atoms with Crippen LogP contribution in [0.25, 0.3) is 0 Å². The van der Waals surface area contributed by atoms with E-state index >= 15 is 0 Å². The van der Waals surface area contributed by atoms with Crippen LogP contribution in [-0.4, -0.2) is 43.4 Å². The molecule has 1 aromatic carbocycles. The second kappa shape index (κ2) is 7.74. The van der Waals surface area contributed by atoms with Crippen LogP contribution in [0.1, 0.15) is 26.3 Å². The summed E-state index contributed by atoms with van der Waals surface area (Å²) < 4.78 is 34.1. The van der Waals surface area contributed by atoms with Crippen molar-refractivity contribution >= 4 is 0 Å². The van der Waals surface area contributed by atoms with E-state index in [9.17, 15) is 13.9 Å². The zero-order chi connectivity index (χ0) is 16.9. The van der Waals surface area contributed by atoms with Gasteiger partial charge in [0.05, 0.1) is 13.7 Å². The molecule has 0 heterocycles. The Hall–Kier alpha value is -1.40. The minimum atomic E-state index is -2.89. The average molecular weight is 317 g/mol. The largest absolute Gasteiger partial charge is 0.493 e. The van der Waals surface area contributed by atoms with Crippen molar-refractivity contribution in [1.82, 2.24) is 4.90 Å². The van der Waals surface area contributed by atoms with Crippen LogP contribution in [0.4, 0.5) is 8.78 Å². The summed E-state index contributed by atoms with van der Waals surface area (Å²) in [4.78, 5) is 2.03. The normalized spacial score (nSPS) is 13.5. The zero-order valence-corrected chi connectivity index (χ0v) is 13.8. The van der Waals surface area contributed by atoms with Gasteiger partial charge in [-0.15, -0.1) is 0 Å². The van der Waals surface area contributed by atoms with Crippen molar-refractivity contribution in [3.05, 3.63) is 23.8 Å². The number of rotatable bonds is 7. The molecule has 0 aliphatic carbocycles. The molecule has 6 heteroatoms. The second-order valence-corrected chi connectivity index (χ2v) is 6.34. The minimum absolute atomic E-state index is 0.0124. The van der Waals surface area contributed by atoms with Gasteiger partial charge in [0.15, 0.2) is 11.5 Å². The highest BCUT2D eigenvalue weighted by Gasteiger charge is 2.27. The number of nitrogens with zero attached hydrogens (tertiary/aromatic N) is 1. The van der Waals surface area contributed by atoms with Gasteiger partial charge < -0.3 is 14.6 Å². The van der Waals surface area contributed by atoms with Crippen LogP contribution in [0.3, 0.4) is 0 Å². The van der Waals surface area contributed by atoms with Crippen molar-refractivity contribution < 1.29 is 23.4 Å². The monoisotopic (exact) mass is 317 g/mol. The van der Waals surface area contributed by atoms with Crippen molar-refractivity contribution in [3.8, 4) is 11.5 Å². The van der Waals surface area contributed by atoms with Gasteiger partial charge in [-0.1, -0.05) is 26.8 Å². The number of halogens is 2. The minimum Gasteiger partial charge on any atom is -0.493 e. The third kappa shape index (κ3) is 5.10. The molecule has 0 amide bonds. The van der Waals surface area contributed by atoms with E-state index in [4.69, 9.17) is 4.74 Å². The van der Waals surface area contributed by atoms with E-state index in [2.05, 4.69) is 25.5 Å². The van der Waals surface area contributed by atoms with E-state index in [1.807, 2.05) is 11.9 Å². The Kier molecular flexibility index (Phi) is 6.56. The standard InChI is InChI=1S/C16H25F2NO3/c1-16(2,3)14(10-20)19(4)9-11-6-7-12(22-15(17)18)13(8-11)21-5/h6-8,14-15,20H,9-10H2,1-5H3. The predicted octanol–water partition coefficient (Wildman–Crippen LogP) is 3.14. The van der Waals surface area contributed by atoms with Gasteiger partial charge in [-0.2, -0.15) is 8.78 Å². The highest BCUT2D eigenvalue weighted by atomic mass is 19.3. The van der Waals surface area contributed by atoms with Crippen molar-refractivity contribution in [1.29, 1.82) is 0 Å². The lowest BCUT2D eigenvalue weighted by atomic mass is 9.86. The molecule has 4 nitrogen and oxygen atoms in total. The molecule has 1 rings (SSSR count). The van der Waals surface area contributed by atoms with Crippen molar-refractivity contribution in [2.24, 2.45) is 5.41 Å². The van der Waals surface area contributed by atoms with Gasteiger partial charge in [-0.3, -0.25) is 4.90 Å². The lowest BCUT2D eigenvalue weighted by molar-refractivity contribution is -0.0512. The third-order valence-electron chi connectivity index (χ3n) is 3.58. The van der Waals surface area contributed by atoms with Crippen LogP contribution in [0.5, 0.6) is 11.5 Å². The number of ether oxygens (including phenoxy) is 2. The summed E-state index contributed by atoms with van der Waals surface area (Å²) >= 11 is 0. The molecule has 0 fully saturated rings. The van der Waals surface area contributed by atoms with Gasteiger partial charge >= 0.3 is 6.61 Å². The first-order valence-electron chi connectivity index (χ1n) is 7.12. The van der Waals surface area contributed by atoms with Gasteiger partial charge in [0, 0.05) is 12.6 Å². The maximum atomic E-state index is 12.3. The molecule has 1 atom stereocenters. The van der Waals surface area contributed by atoms with Crippen LogP contribution in [0, 0.1) is 5.41 Å². The second-order valence-electron chi connectivity index (χ2n) is 6.34. The predicted molar refractivity (Wildman–Crippen MR) is 81.4 cm³/mol. The number of alkyl halides is 2. The molecule has 0 radical (unpaired) electrons. The number of benzene rings is 1. The number of aliphatic hydroxyl groups is 1. The third-order valence-corrected chi connectivity index (χ3v) is 3.58. The highest BCUT2D eigenvalue weighted by molar-refractivity contribution is 5.43. The van der Waals surface area contributed by atoms with Gasteiger partial charge in [0.2, 0.25) is 0 Å². The quantitative estimate of drug-likeness (QED) is 0.839. The smallest absolute Gasteiger partial charge is 0.387 e. The van der Waals surface area contributed by atoms with Gasteiger partial charge in [-0.05, 0) is 30.2 Å². The summed E-state index contributed by atoms with van der Waals surface area (Å²) in [5, 5.41) is 9.58. The number of hydrogen-bond donors (Lipinski definition) is 1. The van der Waals surface area contributed by atoms with Crippen LogP contribution in [0.2, 0.25) is 0 Å². The molecule has 1 aromatic rings. The molecule has 126 valence electrons. The van der Waals surface area contributed by atoms with Gasteiger partial charge in [0.1, 0.15) is 0 Å². The molecular formula is C16H25F2NO3. The lowest BCUT2D eigenvalue weighted by Crippen LogP contribution is -2.43. The molecule has 0 bridgehead atoms. The van der Waals surface area contributed by atoms with Gasteiger partial charge in [0.25, 0.3) is 0 Å². The Morgan fingerprint density at radius 2 is 1.86 bits per heavy atom. The molecule has 0 saturated carbocycles. The van der Waals surface area contributed by atoms with E-state index < -0.39 is 6.61 Å². The summed E-state index contributed by atoms with van der Waals surface area (Å²) in [5.74, 6) is 0.279. The molecular weight excluding hydrogens is 292 g/mol. The first-order chi connectivity index (χ1) is 10.2. The van der Waals surface area contributed by atoms with E-state index in [1.165, 1.54) is 13.2 Å². The molecule has 1 unspecified atom stereocenters. The number of hydrogen-bond acceptors (Lipinski definition) is 4. The number of aliphatic hydroxyl groups excluding tert-OH is 1. The van der Waals surface area contributed by atoms with Crippen LogP contribution < -0.4 is 9.47 Å². The fraction of sp³-hybridized carbons (Fsp3) is 0.625. The summed E-state index contributed by atoms with van der Waals surface area (Å²) in [6.45, 7) is 3.90. The Balaban J connectivity index is 2.89. The fourth-order valence-corrected chi connectivity index (χ4v) is 2.48. The molecule has 1 N–H and O–H groups in total. The van der Waals surface area contributed by atoms with Crippen LogP contribution in [0.15, 0.2) is 18.2 Å². The Bertz CT molecular complexity index is 475. The van der Waals surface area contributed by atoms with E-state index in [1.54, 1.807) is 12.1 Å². The van der Waals surface area contributed by atoms with E-state index in [0.29, 0.717) is 6.54 Å². The molecule has 0 saturated heterocycles. The maximum Gasteiger partial charge on any atom is 0.387 e.